The Labute approximate surface area is 161 Å². The first-order valence-electron chi connectivity index (χ1n) is 8.41. The van der Waals surface area contributed by atoms with Crippen molar-refractivity contribution in [1.82, 2.24) is 24.8 Å². The van der Waals surface area contributed by atoms with Gasteiger partial charge in [0.15, 0.2) is 0 Å². The lowest BCUT2D eigenvalue weighted by atomic mass is 10.1. The molecule has 0 bridgehead atoms. The number of hydrogen-bond donors (Lipinski definition) is 2. The first kappa shape index (κ1) is 19.0. The van der Waals surface area contributed by atoms with Gasteiger partial charge in [-0.05, 0) is 24.6 Å². The lowest BCUT2D eigenvalue weighted by Crippen LogP contribution is -2.64. The number of rotatable bonds is 4. The fourth-order valence-corrected chi connectivity index (χ4v) is 2.93. The molecule has 1 aromatic rings. The second-order valence-electron chi connectivity index (χ2n) is 6.61. The summed E-state index contributed by atoms with van der Waals surface area (Å²) < 4.78 is 4.36. The fraction of sp³-hybridized carbons (Fsp3) is 0.278. The van der Waals surface area contributed by atoms with E-state index in [4.69, 9.17) is 0 Å². The van der Waals surface area contributed by atoms with E-state index in [-0.39, 0.29) is 23.0 Å². The summed E-state index contributed by atoms with van der Waals surface area (Å²) in [5.41, 5.74) is 3.78. The van der Waals surface area contributed by atoms with E-state index in [1.807, 2.05) is 6.92 Å². The Bertz CT molecular complexity index is 963. The van der Waals surface area contributed by atoms with Gasteiger partial charge in [-0.1, -0.05) is 24.0 Å². The number of phenols is 1. The van der Waals surface area contributed by atoms with Gasteiger partial charge >= 0.3 is 17.8 Å². The van der Waals surface area contributed by atoms with Crippen LogP contribution in [0.3, 0.4) is 0 Å². The molecule has 3 rings (SSSR count). The normalized spacial score (nSPS) is 19.1. The fourth-order valence-electron chi connectivity index (χ4n) is 2.93. The Kier molecular flexibility index (Phi) is 4.81. The van der Waals surface area contributed by atoms with E-state index < -0.39 is 18.0 Å². The Morgan fingerprint density at radius 2 is 2.11 bits per heavy atom. The highest BCUT2D eigenvalue weighted by Crippen LogP contribution is 2.19. The monoisotopic (exact) mass is 384 g/mol. The number of nitrogens with one attached hydrogen (secondary N) is 1. The second-order valence-corrected chi connectivity index (χ2v) is 6.61. The quantitative estimate of drug-likeness (QED) is 0.297. The molecule has 0 aromatic heterocycles. The van der Waals surface area contributed by atoms with Crippen molar-refractivity contribution in [2.75, 3.05) is 20.6 Å². The number of urea groups is 1. The predicted octanol–water partition coefficient (Wildman–Crippen LogP) is -1.00. The molecule has 0 saturated carbocycles. The minimum absolute atomic E-state index is 0.126. The van der Waals surface area contributed by atoms with Gasteiger partial charge in [-0.15, -0.1) is 5.10 Å². The van der Waals surface area contributed by atoms with E-state index in [9.17, 15) is 19.8 Å². The second kappa shape index (κ2) is 7.09. The summed E-state index contributed by atoms with van der Waals surface area (Å²) in [5.74, 6) is -0.360. The molecule has 2 N–H and O–H groups in total. The highest BCUT2D eigenvalue weighted by Gasteiger charge is 2.54. The number of likely N-dealkylation sites (N-methyl/N-ethyl adjacent to an activating group) is 2. The van der Waals surface area contributed by atoms with Crippen LogP contribution in [0.1, 0.15) is 12.5 Å². The molecule has 1 fully saturated rings. The van der Waals surface area contributed by atoms with Gasteiger partial charge in [0.1, 0.15) is 5.75 Å². The predicted molar refractivity (Wildman–Crippen MR) is 102 cm³/mol. The molecule has 0 radical (unpaired) electrons. The van der Waals surface area contributed by atoms with Crippen molar-refractivity contribution < 1.29 is 19.8 Å². The summed E-state index contributed by atoms with van der Waals surface area (Å²) >= 11 is 0. The van der Waals surface area contributed by atoms with E-state index in [0.29, 0.717) is 12.4 Å². The molecule has 28 heavy (non-hydrogen) atoms. The van der Waals surface area contributed by atoms with Crippen LogP contribution in [0.15, 0.2) is 35.5 Å². The number of nitrogens with zero attached hydrogens (tertiary/aromatic N) is 5. The summed E-state index contributed by atoms with van der Waals surface area (Å²) in [6, 6.07) is 2.65. The van der Waals surface area contributed by atoms with Gasteiger partial charge in [0, 0.05) is 7.05 Å². The number of guanidine groups is 1. The molecular formula is C18H20N6O4. The van der Waals surface area contributed by atoms with Crippen LogP contribution in [0.25, 0.3) is 0 Å². The summed E-state index contributed by atoms with van der Waals surface area (Å²) in [6.07, 6.45) is 1.29. The minimum atomic E-state index is -0.772. The number of hydrogen-bond acceptors (Lipinski definition) is 7. The number of fused-ring (bicyclic) bond motifs is 1. The SMILES string of the molecule is C=C(C)CN1C(N/N=C/c2ccc(O)cc2[O-])=[N+]=C2C1C(=O)N(C)C(=O)N2C. The zero-order valence-electron chi connectivity index (χ0n) is 15.7. The minimum Gasteiger partial charge on any atom is -0.872 e. The van der Waals surface area contributed by atoms with Crippen LogP contribution in [0, 0.1) is 0 Å². The van der Waals surface area contributed by atoms with Gasteiger partial charge in [0.05, 0.1) is 19.8 Å². The largest absolute Gasteiger partial charge is 0.872 e. The van der Waals surface area contributed by atoms with Crippen LogP contribution in [0.2, 0.25) is 0 Å². The van der Waals surface area contributed by atoms with Crippen molar-refractivity contribution in [2.24, 2.45) is 5.10 Å². The number of amidine groups is 1. The summed E-state index contributed by atoms with van der Waals surface area (Å²) in [7, 11) is 2.96. The average molecular weight is 384 g/mol. The molecule has 1 unspecified atom stereocenters. The molecule has 1 atom stereocenters. The van der Waals surface area contributed by atoms with Crippen LogP contribution in [0.5, 0.6) is 11.5 Å². The molecule has 2 aliphatic rings. The standard InChI is InChI=1S/C18H20N6O4/c1-10(2)9-24-14-15(22(3)18(28)23(4)16(14)27)20-17(24)21-19-8-11-5-6-12(25)7-13(11)26/h5-8,14H,1,9H2,2-4H3,(H2,19,25,26). The highest BCUT2D eigenvalue weighted by molar-refractivity contribution is 6.23. The van der Waals surface area contributed by atoms with Crippen molar-refractivity contribution in [1.29, 1.82) is 0 Å². The number of phenolic OH excluding ortho intramolecular Hbond substituents is 1. The van der Waals surface area contributed by atoms with Crippen molar-refractivity contribution in [3.8, 4) is 11.5 Å². The molecule has 0 aliphatic carbocycles. The Hall–Kier alpha value is -3.78. The number of aromatic hydroxyl groups is 1. The van der Waals surface area contributed by atoms with E-state index in [1.165, 1.54) is 30.3 Å². The highest BCUT2D eigenvalue weighted by atomic mass is 16.3. The van der Waals surface area contributed by atoms with Crippen molar-refractivity contribution in [3.63, 3.8) is 0 Å². The third-order valence-electron chi connectivity index (χ3n) is 4.34. The lowest BCUT2D eigenvalue weighted by Gasteiger charge is -2.31. The number of imide groups is 1. The molecule has 10 nitrogen and oxygen atoms in total. The van der Waals surface area contributed by atoms with Gasteiger partial charge in [0.25, 0.3) is 5.91 Å². The molecule has 1 aromatic carbocycles. The number of hydrazone groups is 1. The van der Waals surface area contributed by atoms with E-state index >= 15 is 0 Å². The van der Waals surface area contributed by atoms with Gasteiger partial charge < -0.3 is 10.2 Å². The van der Waals surface area contributed by atoms with Crippen LogP contribution in [-0.4, -0.2) is 76.4 Å². The zero-order chi connectivity index (χ0) is 20.6. The molecule has 1 saturated heterocycles. The van der Waals surface area contributed by atoms with E-state index in [1.54, 1.807) is 11.9 Å². The smallest absolute Gasteiger partial charge is 0.421 e. The van der Waals surface area contributed by atoms with Crippen molar-refractivity contribution >= 4 is 29.9 Å². The molecule has 2 heterocycles. The Morgan fingerprint density at radius 3 is 2.75 bits per heavy atom. The van der Waals surface area contributed by atoms with Crippen LogP contribution < -0.4 is 15.2 Å². The van der Waals surface area contributed by atoms with Gasteiger partial charge in [-0.25, -0.2) is 19.3 Å². The first-order chi connectivity index (χ1) is 13.2. The summed E-state index contributed by atoms with van der Waals surface area (Å²) in [6.45, 7) is 6.01. The van der Waals surface area contributed by atoms with Crippen LogP contribution >= 0.6 is 0 Å². The zero-order valence-corrected chi connectivity index (χ0v) is 15.7. The number of amides is 3. The van der Waals surface area contributed by atoms with Gasteiger partial charge in [0.2, 0.25) is 6.04 Å². The third-order valence-corrected chi connectivity index (χ3v) is 4.34. The summed E-state index contributed by atoms with van der Waals surface area (Å²) in [4.78, 5) is 28.8. The Balaban J connectivity index is 1.90. The maximum Gasteiger partial charge on any atom is 0.421 e. The lowest BCUT2D eigenvalue weighted by molar-refractivity contribution is -0.268. The maximum atomic E-state index is 12.7. The third kappa shape index (κ3) is 3.28. The molecule has 0 spiro atoms. The molecular weight excluding hydrogens is 364 g/mol. The topological polar surface area (TPSA) is 126 Å². The van der Waals surface area contributed by atoms with Crippen molar-refractivity contribution in [3.05, 3.63) is 35.9 Å². The van der Waals surface area contributed by atoms with Crippen molar-refractivity contribution in [2.45, 2.75) is 13.0 Å². The number of carbonyl (C=O) groups excluding carboxylic acids is 2. The number of carbonyl (C=O) groups is 2. The first-order valence-corrected chi connectivity index (χ1v) is 8.41. The van der Waals surface area contributed by atoms with E-state index in [2.05, 4.69) is 21.8 Å². The molecule has 3 amide bonds. The van der Waals surface area contributed by atoms with E-state index in [0.717, 1.165) is 16.5 Å². The maximum absolute atomic E-state index is 12.7. The van der Waals surface area contributed by atoms with Crippen LogP contribution in [-0.2, 0) is 4.79 Å². The average Bonchev–Trinajstić information content (AvgIpc) is 2.98. The van der Waals surface area contributed by atoms with Crippen LogP contribution in [0.4, 0.5) is 4.79 Å². The molecule has 146 valence electrons. The van der Waals surface area contributed by atoms with Gasteiger partial charge in [-0.2, -0.15) is 5.43 Å². The number of benzene rings is 1. The molecule has 10 heteroatoms. The Morgan fingerprint density at radius 1 is 1.39 bits per heavy atom. The van der Waals surface area contributed by atoms with Gasteiger partial charge in [-0.3, -0.25) is 9.69 Å². The summed E-state index contributed by atoms with van der Waals surface area (Å²) in [5, 5.41) is 25.1. The molecule has 2 aliphatic heterocycles.